The van der Waals surface area contributed by atoms with Crippen LogP contribution in [0.2, 0.25) is 0 Å². The van der Waals surface area contributed by atoms with Gasteiger partial charge in [-0.2, -0.15) is 0 Å². The summed E-state index contributed by atoms with van der Waals surface area (Å²) in [5.74, 6) is 3.38. The second-order valence-electron chi connectivity index (χ2n) is 5.10. The van der Waals surface area contributed by atoms with E-state index in [2.05, 4.69) is 61.3 Å². The third kappa shape index (κ3) is 4.91. The molecule has 0 spiro atoms. The van der Waals surface area contributed by atoms with Crippen LogP contribution in [0.1, 0.15) is 25.5 Å². The van der Waals surface area contributed by atoms with Crippen LogP contribution in [0.3, 0.4) is 0 Å². The Bertz CT molecular complexity index is 364. The Hall–Kier alpha value is -1.30. The summed E-state index contributed by atoms with van der Waals surface area (Å²) < 4.78 is 0. The van der Waals surface area contributed by atoms with Crippen molar-refractivity contribution in [3.8, 4) is 12.3 Å². The maximum atomic E-state index is 5.41. The maximum Gasteiger partial charge on any atom is 0.0601 e. The molecule has 0 aromatic heterocycles. The van der Waals surface area contributed by atoms with E-state index in [1.165, 1.54) is 5.56 Å². The summed E-state index contributed by atoms with van der Waals surface area (Å²) in [5.41, 5.74) is 1.31. The Morgan fingerprint density at radius 1 is 1.22 bits per heavy atom. The molecule has 18 heavy (non-hydrogen) atoms. The van der Waals surface area contributed by atoms with E-state index in [4.69, 9.17) is 6.42 Å². The van der Waals surface area contributed by atoms with Crippen LogP contribution in [0.25, 0.3) is 0 Å². The maximum absolute atomic E-state index is 5.41. The van der Waals surface area contributed by atoms with Crippen LogP contribution in [0.15, 0.2) is 30.3 Å². The van der Waals surface area contributed by atoms with Gasteiger partial charge < -0.3 is 5.32 Å². The predicted molar refractivity (Wildman–Crippen MR) is 78.4 cm³/mol. The van der Waals surface area contributed by atoms with E-state index in [1.54, 1.807) is 0 Å². The molecule has 0 aliphatic heterocycles. The van der Waals surface area contributed by atoms with Gasteiger partial charge in [-0.25, -0.2) is 0 Å². The molecule has 1 rings (SSSR count). The molecule has 98 valence electrons. The number of nitrogens with one attached hydrogen (secondary N) is 1. The zero-order valence-electron chi connectivity index (χ0n) is 11.7. The normalized spacial score (nSPS) is 12.7. The van der Waals surface area contributed by atoms with Gasteiger partial charge in [-0.3, -0.25) is 4.90 Å². The minimum Gasteiger partial charge on any atom is -0.315 e. The van der Waals surface area contributed by atoms with Crippen LogP contribution in [0.4, 0.5) is 0 Å². The van der Waals surface area contributed by atoms with Crippen LogP contribution in [0, 0.1) is 18.3 Å². The van der Waals surface area contributed by atoms with E-state index in [0.717, 1.165) is 13.1 Å². The highest BCUT2D eigenvalue weighted by atomic mass is 15.1. The standard InChI is InChI=1S/C16H24N2/c1-5-11-18(4)16(13-17-12-14(2)3)15-9-7-6-8-10-15/h1,6-10,14,16-17H,11-13H2,2-4H3. The molecule has 0 amide bonds. The van der Waals surface area contributed by atoms with Gasteiger partial charge in [0.2, 0.25) is 0 Å². The van der Waals surface area contributed by atoms with E-state index in [9.17, 15) is 0 Å². The number of terminal acetylenes is 1. The summed E-state index contributed by atoms with van der Waals surface area (Å²) in [5, 5.41) is 3.51. The number of nitrogens with zero attached hydrogens (tertiary/aromatic N) is 1. The number of benzene rings is 1. The van der Waals surface area contributed by atoms with Crippen molar-refractivity contribution in [1.29, 1.82) is 0 Å². The Morgan fingerprint density at radius 3 is 2.44 bits per heavy atom. The number of likely N-dealkylation sites (N-methyl/N-ethyl adjacent to an activating group) is 1. The van der Waals surface area contributed by atoms with Crippen molar-refractivity contribution in [2.45, 2.75) is 19.9 Å². The van der Waals surface area contributed by atoms with E-state index in [0.29, 0.717) is 18.5 Å². The lowest BCUT2D eigenvalue weighted by atomic mass is 10.1. The molecule has 0 saturated carbocycles. The number of hydrogen-bond donors (Lipinski definition) is 1. The molecule has 1 unspecified atom stereocenters. The van der Waals surface area contributed by atoms with Gasteiger partial charge in [0.1, 0.15) is 0 Å². The molecule has 2 nitrogen and oxygen atoms in total. The molecule has 0 aliphatic rings. The number of hydrogen-bond acceptors (Lipinski definition) is 2. The van der Waals surface area contributed by atoms with Crippen LogP contribution in [-0.2, 0) is 0 Å². The van der Waals surface area contributed by atoms with Gasteiger partial charge >= 0.3 is 0 Å². The molecular weight excluding hydrogens is 220 g/mol. The lowest BCUT2D eigenvalue weighted by molar-refractivity contribution is 0.263. The average molecular weight is 244 g/mol. The molecule has 1 aromatic rings. The molecule has 1 aromatic carbocycles. The summed E-state index contributed by atoms with van der Waals surface area (Å²) in [7, 11) is 2.08. The first-order valence-electron chi connectivity index (χ1n) is 6.54. The summed E-state index contributed by atoms with van der Waals surface area (Å²) in [4.78, 5) is 2.21. The summed E-state index contributed by atoms with van der Waals surface area (Å²) in [6, 6.07) is 10.9. The highest BCUT2D eigenvalue weighted by molar-refractivity contribution is 5.19. The quantitative estimate of drug-likeness (QED) is 0.742. The molecule has 2 heteroatoms. The highest BCUT2D eigenvalue weighted by Gasteiger charge is 2.15. The first kappa shape index (κ1) is 14.8. The molecule has 0 heterocycles. The van der Waals surface area contributed by atoms with Gasteiger partial charge in [0, 0.05) is 12.6 Å². The first-order valence-corrected chi connectivity index (χ1v) is 6.54. The first-order chi connectivity index (χ1) is 8.65. The van der Waals surface area contributed by atoms with E-state index >= 15 is 0 Å². The van der Waals surface area contributed by atoms with Crippen molar-refractivity contribution in [2.24, 2.45) is 5.92 Å². The van der Waals surface area contributed by atoms with Crippen LogP contribution < -0.4 is 5.32 Å². The van der Waals surface area contributed by atoms with Gasteiger partial charge in [0.25, 0.3) is 0 Å². The third-order valence-corrected chi connectivity index (χ3v) is 2.95. The SMILES string of the molecule is C#CCN(C)C(CNCC(C)C)c1ccccc1. The third-order valence-electron chi connectivity index (χ3n) is 2.95. The second-order valence-corrected chi connectivity index (χ2v) is 5.10. The Morgan fingerprint density at radius 2 is 1.89 bits per heavy atom. The summed E-state index contributed by atoms with van der Waals surface area (Å²) in [6.45, 7) is 7.07. The molecule has 0 bridgehead atoms. The Balaban J connectivity index is 2.67. The van der Waals surface area contributed by atoms with Crippen LogP contribution in [0.5, 0.6) is 0 Å². The van der Waals surface area contributed by atoms with Gasteiger partial charge in [0.15, 0.2) is 0 Å². The zero-order chi connectivity index (χ0) is 13.4. The van der Waals surface area contributed by atoms with Crippen molar-refractivity contribution in [1.82, 2.24) is 10.2 Å². The van der Waals surface area contributed by atoms with Crippen molar-refractivity contribution in [3.63, 3.8) is 0 Å². The zero-order valence-corrected chi connectivity index (χ0v) is 11.7. The van der Waals surface area contributed by atoms with Gasteiger partial charge in [0.05, 0.1) is 6.54 Å². The van der Waals surface area contributed by atoms with Gasteiger partial charge in [-0.1, -0.05) is 50.1 Å². The lowest BCUT2D eigenvalue weighted by Gasteiger charge is -2.27. The summed E-state index contributed by atoms with van der Waals surface area (Å²) in [6.07, 6.45) is 5.41. The highest BCUT2D eigenvalue weighted by Crippen LogP contribution is 2.17. The van der Waals surface area contributed by atoms with Gasteiger partial charge in [-0.05, 0) is 25.1 Å². The molecule has 0 fully saturated rings. The average Bonchev–Trinajstić information content (AvgIpc) is 2.35. The van der Waals surface area contributed by atoms with Crippen molar-refractivity contribution in [3.05, 3.63) is 35.9 Å². The van der Waals surface area contributed by atoms with Crippen molar-refractivity contribution < 1.29 is 0 Å². The van der Waals surface area contributed by atoms with Crippen molar-refractivity contribution >= 4 is 0 Å². The molecule has 0 aliphatic carbocycles. The monoisotopic (exact) mass is 244 g/mol. The topological polar surface area (TPSA) is 15.3 Å². The fraction of sp³-hybridized carbons (Fsp3) is 0.500. The molecule has 1 atom stereocenters. The minimum atomic E-state index is 0.334. The van der Waals surface area contributed by atoms with E-state index < -0.39 is 0 Å². The molecule has 0 saturated heterocycles. The fourth-order valence-corrected chi connectivity index (χ4v) is 1.97. The Labute approximate surface area is 111 Å². The Kier molecular flexibility index (Phi) is 6.49. The fourth-order valence-electron chi connectivity index (χ4n) is 1.97. The van der Waals surface area contributed by atoms with E-state index in [1.807, 2.05) is 6.07 Å². The van der Waals surface area contributed by atoms with E-state index in [-0.39, 0.29) is 0 Å². The second kappa shape index (κ2) is 7.92. The molecular formula is C16H24N2. The smallest absolute Gasteiger partial charge is 0.0601 e. The van der Waals surface area contributed by atoms with Gasteiger partial charge in [-0.15, -0.1) is 6.42 Å². The minimum absolute atomic E-state index is 0.334. The lowest BCUT2D eigenvalue weighted by Crippen LogP contribution is -2.35. The van der Waals surface area contributed by atoms with Crippen LogP contribution >= 0.6 is 0 Å². The molecule has 0 radical (unpaired) electrons. The van der Waals surface area contributed by atoms with Crippen LogP contribution in [-0.4, -0.2) is 31.6 Å². The summed E-state index contributed by atoms with van der Waals surface area (Å²) >= 11 is 0. The van der Waals surface area contributed by atoms with Crippen molar-refractivity contribution in [2.75, 3.05) is 26.7 Å². The number of rotatable bonds is 7. The largest absolute Gasteiger partial charge is 0.315 e. The molecule has 1 N–H and O–H groups in total. The predicted octanol–water partition coefficient (Wildman–Crippen LogP) is 2.54.